The standard InChI is InChI=1S/C34H36O3/c1-32(2)18-33(3,4)20-34(19-32)26-14-22(21-10-8-7-9-11-21)12-13-23(26)31-25-16-30(37-6)29(36-5)15-24(25)28(35)17-27(31)34/h7-17,35H,18-20H2,1-6H3. The highest BCUT2D eigenvalue weighted by atomic mass is 16.5. The third-order valence-electron chi connectivity index (χ3n) is 8.56. The zero-order valence-electron chi connectivity index (χ0n) is 22.7. The lowest BCUT2D eigenvalue weighted by atomic mass is 9.52. The molecule has 6 rings (SSSR count). The minimum atomic E-state index is -0.181. The average molecular weight is 493 g/mol. The molecule has 190 valence electrons. The average Bonchev–Trinajstić information content (AvgIpc) is 3.09. The highest BCUT2D eigenvalue weighted by Crippen LogP contribution is 2.65. The summed E-state index contributed by atoms with van der Waals surface area (Å²) in [5.41, 5.74) is 7.70. The zero-order chi connectivity index (χ0) is 26.2. The van der Waals surface area contributed by atoms with Gasteiger partial charge in [-0.15, -0.1) is 0 Å². The highest BCUT2D eigenvalue weighted by Gasteiger charge is 2.53. The first-order chi connectivity index (χ1) is 17.6. The molecule has 37 heavy (non-hydrogen) atoms. The summed E-state index contributed by atoms with van der Waals surface area (Å²) in [5, 5.41) is 13.2. The van der Waals surface area contributed by atoms with Crippen molar-refractivity contribution in [3.05, 3.63) is 77.9 Å². The van der Waals surface area contributed by atoms with Crippen LogP contribution in [0.15, 0.2) is 66.7 Å². The molecule has 3 nitrogen and oxygen atoms in total. The highest BCUT2D eigenvalue weighted by molar-refractivity contribution is 6.06. The summed E-state index contributed by atoms with van der Waals surface area (Å²) in [4.78, 5) is 0. The number of hydrogen-bond acceptors (Lipinski definition) is 3. The quantitative estimate of drug-likeness (QED) is 0.311. The molecular formula is C34H36O3. The van der Waals surface area contributed by atoms with E-state index in [1.54, 1.807) is 14.2 Å². The Kier molecular flexibility index (Phi) is 5.18. The lowest BCUT2D eigenvalue weighted by Gasteiger charge is -2.51. The molecule has 0 saturated heterocycles. The second kappa shape index (κ2) is 8.02. The van der Waals surface area contributed by atoms with Crippen molar-refractivity contribution in [2.45, 2.75) is 52.4 Å². The molecule has 2 aliphatic carbocycles. The Hall–Kier alpha value is -3.46. The van der Waals surface area contributed by atoms with E-state index in [0.29, 0.717) is 17.2 Å². The van der Waals surface area contributed by atoms with Crippen LogP contribution in [0.25, 0.3) is 33.0 Å². The molecule has 1 saturated carbocycles. The van der Waals surface area contributed by atoms with E-state index in [4.69, 9.17) is 9.47 Å². The Bertz CT molecular complexity index is 1510. The molecule has 0 aromatic heterocycles. The van der Waals surface area contributed by atoms with Crippen LogP contribution in [0.4, 0.5) is 0 Å². The Labute approximate surface area is 220 Å². The molecule has 4 aromatic carbocycles. The second-order valence-corrected chi connectivity index (χ2v) is 12.6. The van der Waals surface area contributed by atoms with E-state index in [1.165, 1.54) is 39.8 Å². The minimum absolute atomic E-state index is 0.158. The molecule has 1 fully saturated rings. The molecule has 0 aliphatic heterocycles. The molecule has 1 spiro atoms. The van der Waals surface area contributed by atoms with Gasteiger partial charge in [0.05, 0.1) is 14.2 Å². The first kappa shape index (κ1) is 23.9. The van der Waals surface area contributed by atoms with Gasteiger partial charge in [-0.05, 0) is 93.1 Å². The maximum atomic E-state index is 11.4. The molecule has 0 heterocycles. The third kappa shape index (κ3) is 3.62. The lowest BCUT2D eigenvalue weighted by molar-refractivity contribution is 0.0645. The Balaban J connectivity index is 1.72. The van der Waals surface area contributed by atoms with E-state index < -0.39 is 0 Å². The number of aromatic hydroxyl groups is 1. The summed E-state index contributed by atoms with van der Waals surface area (Å²) in [6, 6.07) is 23.6. The molecule has 0 radical (unpaired) electrons. The van der Waals surface area contributed by atoms with Crippen molar-refractivity contribution >= 4 is 10.8 Å². The van der Waals surface area contributed by atoms with Crippen LogP contribution in [0.2, 0.25) is 0 Å². The summed E-state index contributed by atoms with van der Waals surface area (Å²) in [6.07, 6.45) is 3.26. The van der Waals surface area contributed by atoms with Crippen LogP contribution in [-0.4, -0.2) is 19.3 Å². The number of benzene rings is 4. The van der Waals surface area contributed by atoms with Gasteiger partial charge in [0.15, 0.2) is 11.5 Å². The summed E-state index contributed by atoms with van der Waals surface area (Å²) in [6.45, 7) is 9.62. The van der Waals surface area contributed by atoms with Crippen molar-refractivity contribution in [3.8, 4) is 39.5 Å². The predicted octanol–water partition coefficient (Wildman–Crippen LogP) is 8.73. The van der Waals surface area contributed by atoms with Crippen LogP contribution in [0.3, 0.4) is 0 Å². The fourth-order valence-electron chi connectivity index (χ4n) is 8.01. The molecular weight excluding hydrogens is 456 g/mol. The van der Waals surface area contributed by atoms with E-state index >= 15 is 0 Å². The van der Waals surface area contributed by atoms with Gasteiger partial charge in [0.25, 0.3) is 0 Å². The SMILES string of the molecule is COc1cc2c(O)cc3c(c2cc1OC)-c1ccc(-c2ccccc2)cc1C31CC(C)(C)CC(C)(C)C1. The van der Waals surface area contributed by atoms with Crippen molar-refractivity contribution in [2.24, 2.45) is 10.8 Å². The van der Waals surface area contributed by atoms with Crippen LogP contribution in [-0.2, 0) is 5.41 Å². The van der Waals surface area contributed by atoms with Gasteiger partial charge in [0, 0.05) is 10.8 Å². The lowest BCUT2D eigenvalue weighted by Crippen LogP contribution is -2.43. The van der Waals surface area contributed by atoms with Crippen molar-refractivity contribution in [2.75, 3.05) is 14.2 Å². The van der Waals surface area contributed by atoms with Gasteiger partial charge < -0.3 is 14.6 Å². The molecule has 0 amide bonds. The Morgan fingerprint density at radius 1 is 0.649 bits per heavy atom. The number of phenols is 1. The van der Waals surface area contributed by atoms with Crippen LogP contribution in [0.1, 0.15) is 58.1 Å². The van der Waals surface area contributed by atoms with Crippen molar-refractivity contribution in [3.63, 3.8) is 0 Å². The van der Waals surface area contributed by atoms with E-state index in [-0.39, 0.29) is 16.2 Å². The molecule has 3 heteroatoms. The van der Waals surface area contributed by atoms with Crippen LogP contribution in [0.5, 0.6) is 17.2 Å². The van der Waals surface area contributed by atoms with E-state index in [9.17, 15) is 5.11 Å². The number of ether oxygens (including phenoxy) is 2. The van der Waals surface area contributed by atoms with Gasteiger partial charge >= 0.3 is 0 Å². The van der Waals surface area contributed by atoms with Gasteiger partial charge in [0.1, 0.15) is 5.75 Å². The molecule has 1 N–H and O–H groups in total. The number of rotatable bonds is 3. The summed E-state index contributed by atoms with van der Waals surface area (Å²) >= 11 is 0. The first-order valence-corrected chi connectivity index (χ1v) is 13.2. The minimum Gasteiger partial charge on any atom is -0.507 e. The topological polar surface area (TPSA) is 38.7 Å². The van der Waals surface area contributed by atoms with Gasteiger partial charge in [-0.2, -0.15) is 0 Å². The van der Waals surface area contributed by atoms with Gasteiger partial charge in [0.2, 0.25) is 0 Å². The van der Waals surface area contributed by atoms with Crippen molar-refractivity contribution in [1.29, 1.82) is 0 Å². The number of methoxy groups -OCH3 is 2. The molecule has 4 aromatic rings. The Morgan fingerprint density at radius 2 is 1.27 bits per heavy atom. The first-order valence-electron chi connectivity index (χ1n) is 13.2. The molecule has 0 atom stereocenters. The van der Waals surface area contributed by atoms with Crippen LogP contribution < -0.4 is 9.47 Å². The van der Waals surface area contributed by atoms with Crippen LogP contribution >= 0.6 is 0 Å². The van der Waals surface area contributed by atoms with Crippen molar-refractivity contribution < 1.29 is 14.6 Å². The van der Waals surface area contributed by atoms with Gasteiger partial charge in [-0.3, -0.25) is 0 Å². The zero-order valence-corrected chi connectivity index (χ0v) is 22.7. The van der Waals surface area contributed by atoms with Gasteiger partial charge in [-0.25, -0.2) is 0 Å². The predicted molar refractivity (Wildman–Crippen MR) is 152 cm³/mol. The number of hydrogen-bond donors (Lipinski definition) is 1. The fraction of sp³-hybridized carbons (Fsp3) is 0.353. The van der Waals surface area contributed by atoms with Gasteiger partial charge in [-0.1, -0.05) is 70.2 Å². The maximum Gasteiger partial charge on any atom is 0.161 e. The molecule has 0 unspecified atom stereocenters. The summed E-state index contributed by atoms with van der Waals surface area (Å²) in [7, 11) is 3.30. The summed E-state index contributed by atoms with van der Waals surface area (Å²) < 4.78 is 11.3. The van der Waals surface area contributed by atoms with E-state index in [2.05, 4.69) is 76.2 Å². The van der Waals surface area contributed by atoms with E-state index in [0.717, 1.165) is 23.6 Å². The Morgan fingerprint density at radius 3 is 1.89 bits per heavy atom. The molecule has 2 aliphatic rings. The number of phenolic OH excluding ortho intramolecular Hbond substituents is 1. The van der Waals surface area contributed by atoms with E-state index in [1.807, 2.05) is 18.2 Å². The monoisotopic (exact) mass is 492 g/mol. The smallest absolute Gasteiger partial charge is 0.161 e. The number of fused-ring (bicyclic) bond motifs is 7. The van der Waals surface area contributed by atoms with Crippen LogP contribution in [0, 0.1) is 10.8 Å². The fourth-order valence-corrected chi connectivity index (χ4v) is 8.01. The van der Waals surface area contributed by atoms with Crippen molar-refractivity contribution in [1.82, 2.24) is 0 Å². The second-order valence-electron chi connectivity index (χ2n) is 12.6. The summed E-state index contributed by atoms with van der Waals surface area (Å²) in [5.74, 6) is 1.60. The largest absolute Gasteiger partial charge is 0.507 e. The third-order valence-corrected chi connectivity index (χ3v) is 8.56. The normalized spacial score (nSPS) is 18.4. The maximum absolute atomic E-state index is 11.4. The molecule has 0 bridgehead atoms.